The summed E-state index contributed by atoms with van der Waals surface area (Å²) >= 11 is 0. The second-order valence-corrected chi connectivity index (χ2v) is 2.97. The molecule has 0 aromatic carbocycles. The zero-order valence-electron chi connectivity index (χ0n) is 8.35. The molecule has 2 N–H and O–H groups in total. The van der Waals surface area contributed by atoms with Crippen molar-refractivity contribution in [3.8, 4) is 6.07 Å². The first kappa shape index (κ1) is 13.7. The summed E-state index contributed by atoms with van der Waals surface area (Å²) in [6, 6.07) is 0.379. The summed E-state index contributed by atoms with van der Waals surface area (Å²) in [7, 11) is 1.38. The number of rotatable bonds is 4. The molecule has 0 aliphatic carbocycles. The van der Waals surface area contributed by atoms with Gasteiger partial charge < -0.3 is 10.6 Å². The minimum absolute atomic E-state index is 0.422. The lowest BCUT2D eigenvalue weighted by Gasteiger charge is -2.17. The molecule has 2 unspecified atom stereocenters. The van der Waals surface area contributed by atoms with Crippen molar-refractivity contribution in [2.24, 2.45) is 5.92 Å². The van der Waals surface area contributed by atoms with E-state index in [-0.39, 0.29) is 0 Å². The minimum Gasteiger partial charge on any atom is -0.358 e. The highest BCUT2D eigenvalue weighted by Gasteiger charge is 2.39. The second kappa shape index (κ2) is 5.56. The van der Waals surface area contributed by atoms with Crippen molar-refractivity contribution in [2.45, 2.75) is 19.1 Å². The Morgan fingerprint density at radius 3 is 2.40 bits per heavy atom. The summed E-state index contributed by atoms with van der Waals surface area (Å²) in [5, 5.41) is 12.9. The van der Waals surface area contributed by atoms with E-state index in [0.717, 1.165) is 6.07 Å². The van der Waals surface area contributed by atoms with E-state index in [1.807, 2.05) is 0 Å². The molecule has 0 aromatic heterocycles. The summed E-state index contributed by atoms with van der Waals surface area (Å²) in [5.74, 6) is -2.52. The Labute approximate surface area is 85.4 Å². The maximum atomic E-state index is 12.1. The van der Waals surface area contributed by atoms with Gasteiger partial charge >= 0.3 is 6.18 Å². The molecule has 0 aliphatic rings. The molecular formula is C8H12F3N3O. The summed E-state index contributed by atoms with van der Waals surface area (Å²) in [6.45, 7) is 0.832. The molecule has 1 amide bonds. The van der Waals surface area contributed by atoms with Crippen LogP contribution in [0.15, 0.2) is 0 Å². The van der Waals surface area contributed by atoms with Gasteiger partial charge in [-0.2, -0.15) is 18.4 Å². The molecule has 0 aliphatic heterocycles. The Morgan fingerprint density at radius 2 is 2.07 bits per heavy atom. The molecule has 0 fully saturated rings. The number of carbonyl (C=O) groups excluding carboxylic acids is 1. The highest BCUT2D eigenvalue weighted by atomic mass is 19.4. The SMILES string of the molecule is CNC(=O)C(C)NCC(C#N)C(F)(F)F. The normalized spacial score (nSPS) is 15.2. The van der Waals surface area contributed by atoms with Gasteiger partial charge in [-0.1, -0.05) is 0 Å². The van der Waals surface area contributed by atoms with Crippen molar-refractivity contribution < 1.29 is 18.0 Å². The standard InChI is InChI=1S/C8H12F3N3O/c1-5(7(15)13-2)14-4-6(3-12)8(9,10)11/h5-6,14H,4H2,1-2H3,(H,13,15). The van der Waals surface area contributed by atoms with Gasteiger partial charge in [-0.15, -0.1) is 0 Å². The van der Waals surface area contributed by atoms with Crippen LogP contribution in [0.2, 0.25) is 0 Å². The van der Waals surface area contributed by atoms with Crippen LogP contribution in [-0.4, -0.2) is 31.7 Å². The molecule has 2 atom stereocenters. The molecule has 0 saturated carbocycles. The molecule has 0 heterocycles. The number of likely N-dealkylation sites (N-methyl/N-ethyl adjacent to an activating group) is 1. The van der Waals surface area contributed by atoms with Gasteiger partial charge in [0.05, 0.1) is 12.1 Å². The van der Waals surface area contributed by atoms with E-state index < -0.39 is 30.6 Å². The van der Waals surface area contributed by atoms with E-state index in [4.69, 9.17) is 5.26 Å². The molecular weight excluding hydrogens is 211 g/mol. The molecule has 7 heteroatoms. The van der Waals surface area contributed by atoms with Crippen LogP contribution in [0.3, 0.4) is 0 Å². The Bertz CT molecular complexity index is 259. The fourth-order valence-corrected chi connectivity index (χ4v) is 0.838. The highest BCUT2D eigenvalue weighted by molar-refractivity contribution is 5.80. The summed E-state index contributed by atoms with van der Waals surface area (Å²) in [4.78, 5) is 10.9. The zero-order valence-corrected chi connectivity index (χ0v) is 8.35. The molecule has 0 bridgehead atoms. The number of hydrogen-bond donors (Lipinski definition) is 2. The van der Waals surface area contributed by atoms with Crippen LogP contribution in [0, 0.1) is 17.2 Å². The lowest BCUT2D eigenvalue weighted by atomic mass is 10.1. The molecule has 4 nitrogen and oxygen atoms in total. The molecule has 86 valence electrons. The smallest absolute Gasteiger partial charge is 0.358 e. The highest BCUT2D eigenvalue weighted by Crippen LogP contribution is 2.24. The predicted octanol–water partition coefficient (Wildman–Crippen LogP) is 0.413. The van der Waals surface area contributed by atoms with Crippen LogP contribution >= 0.6 is 0 Å². The van der Waals surface area contributed by atoms with Gasteiger partial charge in [-0.05, 0) is 6.92 Å². The van der Waals surface area contributed by atoms with E-state index in [2.05, 4.69) is 10.6 Å². The number of nitrogens with one attached hydrogen (secondary N) is 2. The monoisotopic (exact) mass is 223 g/mol. The topological polar surface area (TPSA) is 64.9 Å². The summed E-state index contributed by atoms with van der Waals surface area (Å²) in [5.41, 5.74) is 0. The average Bonchev–Trinajstić information content (AvgIpc) is 2.15. The predicted molar refractivity (Wildman–Crippen MR) is 46.7 cm³/mol. The van der Waals surface area contributed by atoms with Gasteiger partial charge in [0.15, 0.2) is 5.92 Å². The van der Waals surface area contributed by atoms with Crippen LogP contribution in [0.1, 0.15) is 6.92 Å². The molecule has 0 saturated heterocycles. The first-order valence-electron chi connectivity index (χ1n) is 4.24. The van der Waals surface area contributed by atoms with Gasteiger partial charge in [0.2, 0.25) is 5.91 Å². The third-order valence-electron chi connectivity index (χ3n) is 1.82. The van der Waals surface area contributed by atoms with Crippen molar-refractivity contribution >= 4 is 5.91 Å². The lowest BCUT2D eigenvalue weighted by Crippen LogP contribution is -2.44. The largest absolute Gasteiger partial charge is 0.405 e. The molecule has 0 spiro atoms. The maximum Gasteiger partial charge on any atom is 0.405 e. The van der Waals surface area contributed by atoms with Gasteiger partial charge in [0.25, 0.3) is 0 Å². The van der Waals surface area contributed by atoms with E-state index in [0.29, 0.717) is 0 Å². The first-order chi connectivity index (χ1) is 6.82. The van der Waals surface area contributed by atoms with Gasteiger partial charge in [-0.25, -0.2) is 0 Å². The van der Waals surface area contributed by atoms with Gasteiger partial charge in [0.1, 0.15) is 0 Å². The minimum atomic E-state index is -4.57. The van der Waals surface area contributed by atoms with Crippen LogP contribution in [-0.2, 0) is 4.79 Å². The Morgan fingerprint density at radius 1 is 1.53 bits per heavy atom. The number of amides is 1. The average molecular weight is 223 g/mol. The van der Waals surface area contributed by atoms with Crippen molar-refractivity contribution in [2.75, 3.05) is 13.6 Å². The van der Waals surface area contributed by atoms with Crippen molar-refractivity contribution in [1.29, 1.82) is 5.26 Å². The van der Waals surface area contributed by atoms with Crippen molar-refractivity contribution in [3.63, 3.8) is 0 Å². The zero-order chi connectivity index (χ0) is 12.1. The number of nitrogens with zero attached hydrogens (tertiary/aromatic N) is 1. The first-order valence-corrected chi connectivity index (χ1v) is 4.24. The van der Waals surface area contributed by atoms with Crippen LogP contribution in [0.25, 0.3) is 0 Å². The van der Waals surface area contributed by atoms with Crippen molar-refractivity contribution in [3.05, 3.63) is 0 Å². The van der Waals surface area contributed by atoms with E-state index >= 15 is 0 Å². The third kappa shape index (κ3) is 4.65. The van der Waals surface area contributed by atoms with Gasteiger partial charge in [-0.3, -0.25) is 4.79 Å². The molecule has 0 aromatic rings. The summed E-state index contributed by atoms with van der Waals surface area (Å²) in [6.07, 6.45) is -4.57. The van der Waals surface area contributed by atoms with E-state index in [1.165, 1.54) is 14.0 Å². The van der Waals surface area contributed by atoms with Crippen LogP contribution in [0.4, 0.5) is 13.2 Å². The van der Waals surface area contributed by atoms with E-state index in [9.17, 15) is 18.0 Å². The Hall–Kier alpha value is -1.29. The number of carbonyl (C=O) groups is 1. The van der Waals surface area contributed by atoms with Crippen molar-refractivity contribution in [1.82, 2.24) is 10.6 Å². The third-order valence-corrected chi connectivity index (χ3v) is 1.82. The fraction of sp³-hybridized carbons (Fsp3) is 0.750. The number of halogens is 3. The van der Waals surface area contributed by atoms with Crippen LogP contribution in [0.5, 0.6) is 0 Å². The van der Waals surface area contributed by atoms with Gasteiger partial charge in [0, 0.05) is 13.6 Å². The Balaban J connectivity index is 4.15. The molecule has 15 heavy (non-hydrogen) atoms. The quantitative estimate of drug-likeness (QED) is 0.725. The fourth-order valence-electron chi connectivity index (χ4n) is 0.838. The maximum absolute atomic E-state index is 12.1. The lowest BCUT2D eigenvalue weighted by molar-refractivity contribution is -0.158. The summed E-state index contributed by atoms with van der Waals surface area (Å²) < 4.78 is 36.3. The number of nitriles is 1. The number of hydrogen-bond acceptors (Lipinski definition) is 3. The van der Waals surface area contributed by atoms with E-state index in [1.54, 1.807) is 0 Å². The van der Waals surface area contributed by atoms with Crippen LogP contribution < -0.4 is 10.6 Å². The molecule has 0 radical (unpaired) electrons. The Kier molecular flexibility index (Phi) is 5.08. The molecule has 0 rings (SSSR count). The number of alkyl halides is 3. The second-order valence-electron chi connectivity index (χ2n) is 2.97.